The van der Waals surface area contributed by atoms with Crippen molar-refractivity contribution in [1.82, 2.24) is 4.57 Å². The van der Waals surface area contributed by atoms with Gasteiger partial charge in [0.15, 0.2) is 4.80 Å². The molecule has 3 aromatic carbocycles. The molecule has 0 radical (unpaired) electrons. The first-order valence-corrected chi connectivity index (χ1v) is 14.5. The molecule has 4 aromatic rings. The Bertz CT molecular complexity index is 1870. The predicted octanol–water partition coefficient (Wildman–Crippen LogP) is 4.14. The highest BCUT2D eigenvalue weighted by molar-refractivity contribution is 7.07. The summed E-state index contributed by atoms with van der Waals surface area (Å²) < 4.78 is 13.3. The number of nitrogens with zero attached hydrogens (tertiary/aromatic N) is 3. The summed E-state index contributed by atoms with van der Waals surface area (Å²) in [4.78, 5) is 45.1. The number of carboxylic acid groups (broad SMARTS) is 1. The van der Waals surface area contributed by atoms with Crippen LogP contribution in [0.4, 0.5) is 5.69 Å². The van der Waals surface area contributed by atoms with E-state index in [-0.39, 0.29) is 24.3 Å². The molecule has 0 bridgehead atoms. The molecule has 1 aromatic heterocycles. The van der Waals surface area contributed by atoms with E-state index in [9.17, 15) is 14.4 Å². The third kappa shape index (κ3) is 6.29. The highest BCUT2D eigenvalue weighted by atomic mass is 32.1. The quantitative estimate of drug-likeness (QED) is 0.289. The summed E-state index contributed by atoms with van der Waals surface area (Å²) in [5.74, 6) is -0.829. The van der Waals surface area contributed by atoms with Crippen LogP contribution in [0.15, 0.2) is 93.9 Å². The molecule has 0 amide bonds. The average molecular weight is 598 g/mol. The molecule has 0 saturated carbocycles. The number of fused-ring (bicyclic) bond motifs is 1. The standard InChI is InChI=1S/C33H31N3O6S/c1-5-41-32(40)28-20(2)34-33-36(29(28)23-12-14-25(15-13-23)35(3)4)30(37)27(43-33)18-21-8-16-26(17-9-21)42-19-22-6-10-24(11-7-22)31(38)39/h6-18,29H,5,19H2,1-4H3,(H,38,39)/b27-18+. The van der Waals surface area contributed by atoms with Crippen molar-refractivity contribution < 1.29 is 24.2 Å². The number of esters is 1. The minimum absolute atomic E-state index is 0.211. The summed E-state index contributed by atoms with van der Waals surface area (Å²) in [7, 11) is 3.90. The van der Waals surface area contributed by atoms with Crippen molar-refractivity contribution in [2.45, 2.75) is 26.5 Å². The summed E-state index contributed by atoms with van der Waals surface area (Å²) in [6.07, 6.45) is 1.80. The number of ether oxygens (including phenoxy) is 2. The zero-order valence-electron chi connectivity index (χ0n) is 24.2. The Kier molecular flexibility index (Phi) is 8.58. The van der Waals surface area contributed by atoms with Gasteiger partial charge in [-0.25, -0.2) is 14.6 Å². The first-order valence-electron chi connectivity index (χ1n) is 13.7. The molecule has 1 unspecified atom stereocenters. The Hall–Kier alpha value is -4.96. The van der Waals surface area contributed by atoms with Crippen molar-refractivity contribution >= 4 is 35.0 Å². The van der Waals surface area contributed by atoms with E-state index in [1.807, 2.05) is 67.5 Å². The van der Waals surface area contributed by atoms with Crippen molar-refractivity contribution in [3.8, 4) is 5.75 Å². The van der Waals surface area contributed by atoms with Crippen LogP contribution in [0.5, 0.6) is 5.75 Å². The highest BCUT2D eigenvalue weighted by Gasteiger charge is 2.33. The van der Waals surface area contributed by atoms with Crippen LogP contribution in [0.1, 0.15) is 46.9 Å². The lowest BCUT2D eigenvalue weighted by molar-refractivity contribution is -0.139. The first-order chi connectivity index (χ1) is 20.7. The zero-order chi connectivity index (χ0) is 30.7. The molecule has 1 aliphatic rings. The van der Waals surface area contributed by atoms with E-state index in [1.54, 1.807) is 48.8 Å². The Morgan fingerprint density at radius 2 is 1.70 bits per heavy atom. The Morgan fingerprint density at radius 3 is 2.30 bits per heavy atom. The Balaban J connectivity index is 1.45. The number of aromatic carboxylic acids is 1. The summed E-state index contributed by atoms with van der Waals surface area (Å²) >= 11 is 1.27. The van der Waals surface area contributed by atoms with Gasteiger partial charge in [0.1, 0.15) is 12.4 Å². The number of aromatic nitrogens is 1. The number of carbonyl (C=O) groups is 2. The van der Waals surface area contributed by atoms with Gasteiger partial charge >= 0.3 is 11.9 Å². The van der Waals surface area contributed by atoms with Crippen LogP contribution < -0.4 is 24.5 Å². The fourth-order valence-electron chi connectivity index (χ4n) is 4.78. The van der Waals surface area contributed by atoms with Gasteiger partial charge in [0.05, 0.1) is 34.0 Å². The SMILES string of the molecule is CCOC(=O)C1=C(C)N=c2s/c(=C/c3ccc(OCc4ccc(C(=O)O)cc4)cc3)c(=O)n2C1c1ccc(N(C)C)cc1. The van der Waals surface area contributed by atoms with Crippen molar-refractivity contribution in [1.29, 1.82) is 0 Å². The largest absolute Gasteiger partial charge is 0.489 e. The number of hydrogen-bond donors (Lipinski definition) is 1. The third-order valence-electron chi connectivity index (χ3n) is 7.03. The lowest BCUT2D eigenvalue weighted by Crippen LogP contribution is -2.39. The molecular formula is C33H31N3O6S. The van der Waals surface area contributed by atoms with Crippen molar-refractivity contribution in [2.75, 3.05) is 25.6 Å². The molecule has 5 rings (SSSR count). The maximum Gasteiger partial charge on any atom is 0.338 e. The second kappa shape index (κ2) is 12.5. The van der Waals surface area contributed by atoms with E-state index in [1.165, 1.54) is 11.3 Å². The average Bonchev–Trinajstić information content (AvgIpc) is 3.30. The van der Waals surface area contributed by atoms with E-state index >= 15 is 0 Å². The molecule has 0 aliphatic carbocycles. The number of rotatable bonds is 9. The van der Waals surface area contributed by atoms with Crippen LogP contribution in [-0.2, 0) is 16.1 Å². The van der Waals surface area contributed by atoms with Crippen molar-refractivity contribution in [3.05, 3.63) is 126 Å². The molecule has 1 aliphatic heterocycles. The van der Waals surface area contributed by atoms with Gasteiger partial charge in [0.25, 0.3) is 5.56 Å². The summed E-state index contributed by atoms with van der Waals surface area (Å²) in [6.45, 7) is 4.01. The lowest BCUT2D eigenvalue weighted by Gasteiger charge is -2.25. The van der Waals surface area contributed by atoms with Crippen LogP contribution in [-0.4, -0.2) is 42.3 Å². The van der Waals surface area contributed by atoms with Crippen LogP contribution in [0.2, 0.25) is 0 Å². The number of carbonyl (C=O) groups excluding carboxylic acids is 1. The van der Waals surface area contributed by atoms with E-state index in [2.05, 4.69) is 4.99 Å². The summed E-state index contributed by atoms with van der Waals surface area (Å²) in [5.41, 5.74) is 4.27. The number of anilines is 1. The topological polar surface area (TPSA) is 110 Å². The monoisotopic (exact) mass is 597 g/mol. The van der Waals surface area contributed by atoms with Gasteiger partial charge in [-0.3, -0.25) is 9.36 Å². The van der Waals surface area contributed by atoms with Gasteiger partial charge in [-0.05, 0) is 73.0 Å². The first kappa shape index (κ1) is 29.5. The van der Waals surface area contributed by atoms with Crippen LogP contribution >= 0.6 is 11.3 Å². The van der Waals surface area contributed by atoms with E-state index < -0.39 is 18.0 Å². The second-order valence-corrected chi connectivity index (χ2v) is 11.2. The molecule has 2 heterocycles. The highest BCUT2D eigenvalue weighted by Crippen LogP contribution is 2.31. The molecule has 0 saturated heterocycles. The predicted molar refractivity (Wildman–Crippen MR) is 165 cm³/mol. The zero-order valence-corrected chi connectivity index (χ0v) is 25.1. The molecule has 9 nitrogen and oxygen atoms in total. The summed E-state index contributed by atoms with van der Waals surface area (Å²) in [6, 6.07) is 20.9. The van der Waals surface area contributed by atoms with E-state index in [0.29, 0.717) is 26.4 Å². The Labute approximate surface area is 252 Å². The van der Waals surface area contributed by atoms with Crippen LogP contribution in [0, 0.1) is 0 Å². The van der Waals surface area contributed by atoms with E-state index in [0.717, 1.165) is 22.4 Å². The van der Waals surface area contributed by atoms with E-state index in [4.69, 9.17) is 14.6 Å². The number of hydrogen-bond acceptors (Lipinski definition) is 8. The van der Waals surface area contributed by atoms with Crippen LogP contribution in [0.25, 0.3) is 6.08 Å². The van der Waals surface area contributed by atoms with Gasteiger partial charge in [-0.2, -0.15) is 0 Å². The molecular weight excluding hydrogens is 566 g/mol. The molecule has 0 fully saturated rings. The smallest absolute Gasteiger partial charge is 0.338 e. The van der Waals surface area contributed by atoms with Gasteiger partial charge in [0.2, 0.25) is 0 Å². The summed E-state index contributed by atoms with van der Waals surface area (Å²) in [5, 5.41) is 9.05. The lowest BCUT2D eigenvalue weighted by atomic mass is 9.95. The minimum Gasteiger partial charge on any atom is -0.489 e. The van der Waals surface area contributed by atoms with Crippen molar-refractivity contribution in [2.24, 2.45) is 4.99 Å². The minimum atomic E-state index is -0.973. The maximum absolute atomic E-state index is 13.8. The normalized spacial score (nSPS) is 14.6. The van der Waals surface area contributed by atoms with Crippen LogP contribution in [0.3, 0.4) is 0 Å². The third-order valence-corrected chi connectivity index (χ3v) is 8.01. The fraction of sp³-hybridized carbons (Fsp3) is 0.212. The number of thiazole rings is 1. The number of benzene rings is 3. The molecule has 1 atom stereocenters. The van der Waals surface area contributed by atoms with Gasteiger partial charge < -0.3 is 19.5 Å². The van der Waals surface area contributed by atoms with Gasteiger partial charge in [-0.1, -0.05) is 47.7 Å². The Morgan fingerprint density at radius 1 is 1.02 bits per heavy atom. The molecule has 0 spiro atoms. The number of allylic oxidation sites excluding steroid dienone is 1. The fourth-order valence-corrected chi connectivity index (χ4v) is 5.83. The number of carboxylic acids is 1. The second-order valence-electron chi connectivity index (χ2n) is 10.1. The molecule has 10 heteroatoms. The van der Waals surface area contributed by atoms with Crippen molar-refractivity contribution in [3.63, 3.8) is 0 Å². The molecule has 1 N–H and O–H groups in total. The van der Waals surface area contributed by atoms with Gasteiger partial charge in [0, 0.05) is 19.8 Å². The molecule has 43 heavy (non-hydrogen) atoms. The van der Waals surface area contributed by atoms with Gasteiger partial charge in [-0.15, -0.1) is 0 Å². The molecule has 220 valence electrons. The maximum atomic E-state index is 13.8.